The van der Waals surface area contributed by atoms with E-state index in [-0.39, 0.29) is 0 Å². The molecule has 5 heteroatoms. The summed E-state index contributed by atoms with van der Waals surface area (Å²) in [5.41, 5.74) is 0.885. The van der Waals surface area contributed by atoms with E-state index < -0.39 is 0 Å². The molecule has 0 aliphatic rings. The van der Waals surface area contributed by atoms with E-state index in [1.54, 1.807) is 0 Å². The molecular weight excluding hydrogens is 344 g/mol. The van der Waals surface area contributed by atoms with Crippen molar-refractivity contribution in [1.29, 1.82) is 0 Å². The van der Waals surface area contributed by atoms with Gasteiger partial charge in [0.25, 0.3) is 0 Å². The Hall–Kier alpha value is 0.470. The highest BCUT2D eigenvalue weighted by Crippen LogP contribution is 2.04. The molecule has 48 valence electrons. The molecule has 0 saturated carbocycles. The summed E-state index contributed by atoms with van der Waals surface area (Å²) >= 11 is 4.16. The van der Waals surface area contributed by atoms with Gasteiger partial charge in [0, 0.05) is 22.6 Å². The average Bonchev–Trinajstić information content (AvgIpc) is 1.80. The highest BCUT2D eigenvalue weighted by molar-refractivity contribution is 14.1. The third kappa shape index (κ3) is 1.95. The fourth-order valence-corrected chi connectivity index (χ4v) is 1.49. The van der Waals surface area contributed by atoms with Gasteiger partial charge in [-0.2, -0.15) is 5.10 Å². The zero-order valence-electron chi connectivity index (χ0n) is 4.60. The minimum Gasteiger partial charge on any atom is -0.214 e. The van der Waals surface area contributed by atoms with Gasteiger partial charge in [0.1, 0.15) is 3.70 Å². The molecule has 0 atom stereocenters. The zero-order valence-corrected chi connectivity index (χ0v) is 8.91. The van der Waals surface area contributed by atoms with Crippen molar-refractivity contribution in [3.63, 3.8) is 0 Å². The van der Waals surface area contributed by atoms with Crippen molar-refractivity contribution < 1.29 is 0 Å². The van der Waals surface area contributed by atoms with Gasteiger partial charge in [-0.3, -0.25) is 0 Å². The first-order valence-electron chi connectivity index (χ1n) is 2.22. The number of hydrogen-bond acceptors (Lipinski definition) is 3. The Labute approximate surface area is 79.9 Å². The summed E-state index contributed by atoms with van der Waals surface area (Å²) in [5, 5.41) is 7.61. The van der Waals surface area contributed by atoms with E-state index in [2.05, 4.69) is 37.8 Å². The predicted octanol–water partition coefficient (Wildman–Crippen LogP) is 1.39. The molecule has 0 aliphatic heterocycles. The summed E-state index contributed by atoms with van der Waals surface area (Å²) in [6.07, 6.45) is 0. The molecule has 0 unspecified atom stereocenters. The average molecular weight is 347 g/mol. The maximum atomic E-state index is 4.07. The Balaban J connectivity index is 3.17. The molecule has 1 aromatic rings. The van der Waals surface area contributed by atoms with Crippen LogP contribution >= 0.6 is 45.2 Å². The van der Waals surface area contributed by atoms with Crippen LogP contribution in [0.15, 0.2) is 0 Å². The first-order chi connectivity index (χ1) is 4.20. The number of nitrogens with zero attached hydrogens (tertiary/aromatic N) is 3. The molecule has 0 bridgehead atoms. The van der Waals surface area contributed by atoms with E-state index in [9.17, 15) is 0 Å². The molecule has 0 aliphatic carbocycles. The van der Waals surface area contributed by atoms with Crippen LogP contribution in [0.3, 0.4) is 0 Å². The summed E-state index contributed by atoms with van der Waals surface area (Å²) < 4.78 is 1.62. The topological polar surface area (TPSA) is 38.7 Å². The van der Waals surface area contributed by atoms with Gasteiger partial charge in [0.05, 0.1) is 5.69 Å². The number of aryl methyl sites for hydroxylation is 1. The van der Waals surface area contributed by atoms with Crippen molar-refractivity contribution in [3.05, 3.63) is 13.2 Å². The van der Waals surface area contributed by atoms with Gasteiger partial charge in [-0.15, -0.1) is 5.10 Å². The van der Waals surface area contributed by atoms with E-state index in [0.717, 1.165) is 9.39 Å². The Kier molecular flexibility index (Phi) is 2.56. The third-order valence-electron chi connectivity index (χ3n) is 0.771. The molecule has 1 aromatic heterocycles. The Morgan fingerprint density at radius 3 is 2.33 bits per heavy atom. The first-order valence-corrected chi connectivity index (χ1v) is 4.38. The Bertz CT molecular complexity index is 225. The molecule has 0 spiro atoms. The SMILES string of the molecule is Cc1nnc(I)nc1I. The van der Waals surface area contributed by atoms with Crippen molar-refractivity contribution in [2.45, 2.75) is 6.92 Å². The minimum atomic E-state index is 0.697. The molecule has 0 radical (unpaired) electrons. The van der Waals surface area contributed by atoms with Gasteiger partial charge < -0.3 is 0 Å². The second-order valence-electron chi connectivity index (χ2n) is 1.46. The molecule has 1 heterocycles. The monoisotopic (exact) mass is 347 g/mol. The van der Waals surface area contributed by atoms with Crippen molar-refractivity contribution in [1.82, 2.24) is 15.2 Å². The van der Waals surface area contributed by atoms with Crippen LogP contribution in [0.25, 0.3) is 0 Å². The molecule has 0 aromatic carbocycles. The van der Waals surface area contributed by atoms with Crippen LogP contribution in [-0.4, -0.2) is 15.2 Å². The molecular formula is C4H3I2N3. The fraction of sp³-hybridized carbons (Fsp3) is 0.250. The first kappa shape index (κ1) is 7.58. The lowest BCUT2D eigenvalue weighted by Gasteiger charge is -1.92. The fourth-order valence-electron chi connectivity index (χ4n) is 0.342. The van der Waals surface area contributed by atoms with Crippen LogP contribution in [0, 0.1) is 14.5 Å². The number of aromatic nitrogens is 3. The number of rotatable bonds is 0. The lowest BCUT2D eigenvalue weighted by molar-refractivity contribution is 0.874. The van der Waals surface area contributed by atoms with E-state index in [1.165, 1.54) is 0 Å². The van der Waals surface area contributed by atoms with Gasteiger partial charge in [-0.25, -0.2) is 4.98 Å². The molecule has 1 rings (SSSR count). The van der Waals surface area contributed by atoms with E-state index in [1.807, 2.05) is 29.5 Å². The predicted molar refractivity (Wildman–Crippen MR) is 50.0 cm³/mol. The zero-order chi connectivity index (χ0) is 6.85. The van der Waals surface area contributed by atoms with Crippen molar-refractivity contribution in [2.75, 3.05) is 0 Å². The summed E-state index contributed by atoms with van der Waals surface area (Å²) in [4.78, 5) is 4.07. The second kappa shape index (κ2) is 3.04. The van der Waals surface area contributed by atoms with Crippen LogP contribution in [0.1, 0.15) is 5.69 Å². The normalized spacial score (nSPS) is 9.67. The Morgan fingerprint density at radius 2 is 1.89 bits per heavy atom. The quantitative estimate of drug-likeness (QED) is 0.666. The van der Waals surface area contributed by atoms with Gasteiger partial charge in [0.15, 0.2) is 0 Å². The molecule has 3 nitrogen and oxygen atoms in total. The molecule has 0 N–H and O–H groups in total. The van der Waals surface area contributed by atoms with Gasteiger partial charge in [-0.05, 0) is 29.5 Å². The molecule has 9 heavy (non-hydrogen) atoms. The third-order valence-corrected chi connectivity index (χ3v) is 2.25. The van der Waals surface area contributed by atoms with Crippen molar-refractivity contribution in [3.8, 4) is 0 Å². The van der Waals surface area contributed by atoms with Crippen molar-refractivity contribution in [2.24, 2.45) is 0 Å². The van der Waals surface area contributed by atoms with Crippen LogP contribution in [0.2, 0.25) is 0 Å². The van der Waals surface area contributed by atoms with Gasteiger partial charge >= 0.3 is 0 Å². The van der Waals surface area contributed by atoms with E-state index in [0.29, 0.717) is 3.83 Å². The summed E-state index contributed by atoms with van der Waals surface area (Å²) in [6, 6.07) is 0. The van der Waals surface area contributed by atoms with Crippen LogP contribution in [-0.2, 0) is 0 Å². The largest absolute Gasteiger partial charge is 0.214 e. The summed E-state index contributed by atoms with van der Waals surface area (Å²) in [6.45, 7) is 1.89. The van der Waals surface area contributed by atoms with Crippen LogP contribution in [0.5, 0.6) is 0 Å². The summed E-state index contributed by atoms with van der Waals surface area (Å²) in [7, 11) is 0. The Morgan fingerprint density at radius 1 is 1.22 bits per heavy atom. The lowest BCUT2D eigenvalue weighted by Crippen LogP contribution is -1.97. The lowest BCUT2D eigenvalue weighted by atomic mass is 10.6. The molecule has 0 amide bonds. The second-order valence-corrected chi connectivity index (χ2v) is 3.44. The standard InChI is InChI=1S/C4H3I2N3/c1-2-3(5)7-4(6)9-8-2/h1H3. The number of halogens is 2. The minimum absolute atomic E-state index is 0.697. The van der Waals surface area contributed by atoms with E-state index >= 15 is 0 Å². The van der Waals surface area contributed by atoms with Crippen molar-refractivity contribution >= 4 is 45.2 Å². The highest BCUT2D eigenvalue weighted by atomic mass is 127. The van der Waals surface area contributed by atoms with Crippen LogP contribution < -0.4 is 0 Å². The van der Waals surface area contributed by atoms with Crippen LogP contribution in [0.4, 0.5) is 0 Å². The molecule has 0 fully saturated rings. The number of hydrogen-bond donors (Lipinski definition) is 0. The maximum absolute atomic E-state index is 4.07. The maximum Gasteiger partial charge on any atom is 0.213 e. The summed E-state index contributed by atoms with van der Waals surface area (Å²) in [5.74, 6) is 0. The van der Waals surface area contributed by atoms with E-state index in [4.69, 9.17) is 0 Å². The van der Waals surface area contributed by atoms with Gasteiger partial charge in [-0.1, -0.05) is 0 Å². The molecule has 0 saturated heterocycles. The smallest absolute Gasteiger partial charge is 0.213 e. The van der Waals surface area contributed by atoms with Gasteiger partial charge in [0.2, 0.25) is 3.83 Å². The highest BCUT2D eigenvalue weighted by Gasteiger charge is 1.96.